The number of anilines is 3. The number of para-hydroxylation sites is 3. The van der Waals surface area contributed by atoms with Gasteiger partial charge in [0.2, 0.25) is 0 Å². The number of fused-ring (bicyclic) bond motifs is 3. The summed E-state index contributed by atoms with van der Waals surface area (Å²) in [5.41, 5.74) is 26.2. The standard InChI is InChI=1S/2C29H29N7O3.C17H20IN7O2.C12H11BO3/c2*1-2-38-29(37)20-16-33-35(17-20)21-10-12-22(13-11-21)36-28-25(27(30)31-18-32-28)26(34-36)19-8-14-24(15-9-19)39-23-6-4-3-5-7-23;1-2-27-17(26)10-7-22-24(8-10)11-3-5-12(6-4-11)25-16-13(14(18)23-25)15(19)20-9-21-16;14-13(15)10-6-8-12(9-7-10)16-11-4-2-1-3-5-11/h2*3-9,14-18,21-22H,2,10-13H2,1H3,(H2,30,31,32);7-9,11-12H,2-6H2,1H3,(H2,19,20,21);1-9,14-15H. The summed E-state index contributed by atoms with van der Waals surface area (Å²) in [7, 11) is -1.44. The molecule has 34 heteroatoms. The number of nitrogens with two attached hydrogens (primary N) is 3. The zero-order valence-corrected chi connectivity index (χ0v) is 68.8. The maximum atomic E-state index is 12.0. The Morgan fingerprint density at radius 3 is 0.975 bits per heavy atom. The van der Waals surface area contributed by atoms with E-state index < -0.39 is 7.12 Å². The Morgan fingerprint density at radius 1 is 0.380 bits per heavy atom. The zero-order chi connectivity index (χ0) is 83.9. The van der Waals surface area contributed by atoms with Crippen LogP contribution in [-0.4, -0.2) is 143 Å². The van der Waals surface area contributed by atoms with Crippen LogP contribution in [0.4, 0.5) is 17.5 Å². The minimum Gasteiger partial charge on any atom is -0.462 e. The highest BCUT2D eigenvalue weighted by molar-refractivity contribution is 14.1. The Kier molecular flexibility index (Phi) is 26.3. The first-order chi connectivity index (χ1) is 59.0. The second-order valence-corrected chi connectivity index (χ2v) is 30.1. The van der Waals surface area contributed by atoms with E-state index in [4.69, 9.17) is 65.9 Å². The number of carbonyl (C=O) groups is 3. The summed E-state index contributed by atoms with van der Waals surface area (Å²) in [6.07, 6.45) is 25.5. The molecule has 0 saturated heterocycles. The average molecular weight is 1740 g/mol. The van der Waals surface area contributed by atoms with Crippen LogP contribution in [-0.2, 0) is 14.2 Å². The number of benzene rings is 6. The lowest BCUT2D eigenvalue weighted by Crippen LogP contribution is -2.29. The molecule has 3 saturated carbocycles. The van der Waals surface area contributed by atoms with Gasteiger partial charge in [-0.1, -0.05) is 66.7 Å². The van der Waals surface area contributed by atoms with E-state index in [0.29, 0.717) is 65.2 Å². The summed E-state index contributed by atoms with van der Waals surface area (Å²) in [6.45, 7) is 6.43. The smallest absolute Gasteiger partial charge is 0.462 e. The van der Waals surface area contributed by atoms with Gasteiger partial charge in [-0.15, -0.1) is 0 Å². The van der Waals surface area contributed by atoms with Crippen molar-refractivity contribution in [3.63, 3.8) is 0 Å². The van der Waals surface area contributed by atoms with E-state index in [1.54, 1.807) is 82.2 Å². The minimum atomic E-state index is -1.44. The van der Waals surface area contributed by atoms with E-state index in [1.165, 1.54) is 19.0 Å². The quantitative estimate of drug-likeness (QED) is 0.0193. The topological polar surface area (TPSA) is 409 Å². The predicted molar refractivity (Wildman–Crippen MR) is 463 cm³/mol. The molecule has 0 atom stereocenters. The van der Waals surface area contributed by atoms with Gasteiger partial charge in [-0.05, 0) is 223 Å². The molecule has 618 valence electrons. The lowest BCUT2D eigenvalue weighted by atomic mass is 9.80. The number of hydrogen-bond donors (Lipinski definition) is 5. The van der Waals surface area contributed by atoms with Gasteiger partial charge >= 0.3 is 25.0 Å². The molecule has 3 aliphatic carbocycles. The Morgan fingerprint density at radius 2 is 0.661 bits per heavy atom. The number of carbonyl (C=O) groups excluding carboxylic acids is 3. The molecular formula is C87H89BIN21O11. The summed E-state index contributed by atoms with van der Waals surface area (Å²) >= 11 is 2.18. The van der Waals surface area contributed by atoms with Crippen LogP contribution in [0.2, 0.25) is 0 Å². The molecule has 3 fully saturated rings. The highest BCUT2D eigenvalue weighted by Gasteiger charge is 2.33. The second kappa shape index (κ2) is 38.5. The minimum absolute atomic E-state index is 0.160. The van der Waals surface area contributed by atoms with Gasteiger partial charge in [0, 0.05) is 29.7 Å². The molecule has 3 aliphatic rings. The van der Waals surface area contributed by atoms with Gasteiger partial charge in [-0.3, -0.25) is 14.0 Å². The molecule has 9 aromatic heterocycles. The normalized spacial score (nSPS) is 16.9. The van der Waals surface area contributed by atoms with Gasteiger partial charge in [0.05, 0.1) is 108 Å². The first kappa shape index (κ1) is 82.6. The Hall–Kier alpha value is -13.5. The lowest BCUT2D eigenvalue weighted by Gasteiger charge is -2.29. The Labute approximate surface area is 709 Å². The molecule has 9 heterocycles. The predicted octanol–water partition coefficient (Wildman–Crippen LogP) is 15.1. The zero-order valence-electron chi connectivity index (χ0n) is 66.7. The molecule has 32 nitrogen and oxygen atoms in total. The van der Waals surface area contributed by atoms with Crippen LogP contribution in [0.1, 0.15) is 165 Å². The number of hydrogen-bond acceptors (Lipinski definition) is 26. The van der Waals surface area contributed by atoms with Gasteiger partial charge in [-0.2, -0.15) is 30.6 Å². The Bertz CT molecular complexity index is 5750. The van der Waals surface area contributed by atoms with E-state index >= 15 is 0 Å². The summed E-state index contributed by atoms with van der Waals surface area (Å²) in [4.78, 5) is 62.0. The second-order valence-electron chi connectivity index (χ2n) is 29.1. The molecule has 0 aliphatic heterocycles. The number of halogens is 1. The van der Waals surface area contributed by atoms with Crippen LogP contribution >= 0.6 is 22.6 Å². The fraction of sp³-hybridized carbons (Fsp3) is 0.276. The van der Waals surface area contributed by atoms with E-state index in [-0.39, 0.29) is 54.2 Å². The first-order valence-corrected chi connectivity index (χ1v) is 41.2. The third-order valence-electron chi connectivity index (χ3n) is 21.4. The molecule has 15 aromatic rings. The molecule has 0 unspecified atom stereocenters. The molecule has 121 heavy (non-hydrogen) atoms. The van der Waals surface area contributed by atoms with Crippen molar-refractivity contribution in [1.29, 1.82) is 0 Å². The molecule has 18 rings (SSSR count). The molecule has 8 N–H and O–H groups in total. The third-order valence-corrected chi connectivity index (χ3v) is 22.1. The van der Waals surface area contributed by atoms with Crippen molar-refractivity contribution in [3.8, 4) is 57.0 Å². The van der Waals surface area contributed by atoms with Gasteiger partial charge in [-0.25, -0.2) is 58.3 Å². The van der Waals surface area contributed by atoms with Crippen LogP contribution in [0.15, 0.2) is 220 Å². The van der Waals surface area contributed by atoms with E-state index in [0.717, 1.165) is 165 Å². The van der Waals surface area contributed by atoms with Crippen LogP contribution < -0.4 is 36.9 Å². The van der Waals surface area contributed by atoms with Gasteiger partial charge in [0.25, 0.3) is 0 Å². The highest BCUT2D eigenvalue weighted by Crippen LogP contribution is 2.43. The van der Waals surface area contributed by atoms with Crippen molar-refractivity contribution in [2.75, 3.05) is 37.0 Å². The SMILES string of the molecule is CCOC(=O)c1cnn(C2CCC(n3nc(-c4ccc(Oc5ccccc5)cc4)c4c(N)ncnc43)CC2)c1.CCOC(=O)c1cnn(C2CCC(n3nc(-c4ccc(Oc5ccccc5)cc4)c4c(N)ncnc43)CC2)c1.CCOC(=O)c1cnn(C2CCC(n3nc(I)c4c(N)ncnc43)CC2)c1.OB(O)c1ccc(Oc2ccccc2)cc1. The van der Waals surface area contributed by atoms with E-state index in [9.17, 15) is 14.4 Å². The maximum absolute atomic E-state index is 12.0. The van der Waals surface area contributed by atoms with E-state index in [1.807, 2.05) is 168 Å². The Balaban J connectivity index is 0.000000131. The fourth-order valence-corrected chi connectivity index (χ4v) is 16.1. The van der Waals surface area contributed by atoms with Crippen molar-refractivity contribution in [2.45, 2.75) is 134 Å². The molecule has 0 bridgehead atoms. The molecule has 6 aromatic carbocycles. The van der Waals surface area contributed by atoms with Crippen molar-refractivity contribution in [1.82, 2.24) is 88.6 Å². The van der Waals surface area contributed by atoms with Gasteiger partial charge < -0.3 is 55.7 Å². The number of ether oxygens (including phenoxy) is 6. The van der Waals surface area contributed by atoms with Gasteiger partial charge in [0.15, 0.2) is 16.9 Å². The third kappa shape index (κ3) is 19.5. The first-order valence-electron chi connectivity index (χ1n) is 40.2. The van der Waals surface area contributed by atoms with Crippen molar-refractivity contribution in [3.05, 3.63) is 240 Å². The number of nitrogens with zero attached hydrogens (tertiary/aromatic N) is 18. The van der Waals surface area contributed by atoms with Crippen molar-refractivity contribution in [2.24, 2.45) is 0 Å². The number of aromatic nitrogens is 18. The molecule has 0 amide bonds. The summed E-state index contributed by atoms with van der Waals surface area (Å²) in [5.74, 6) is 4.71. The monoisotopic (exact) mass is 1740 g/mol. The largest absolute Gasteiger partial charge is 0.488 e. The van der Waals surface area contributed by atoms with E-state index in [2.05, 4.69) is 72.9 Å². The number of esters is 3. The van der Waals surface area contributed by atoms with Crippen LogP contribution in [0.5, 0.6) is 34.5 Å². The van der Waals surface area contributed by atoms with Gasteiger partial charge in [0.1, 0.15) is 86.0 Å². The molecule has 0 spiro atoms. The highest BCUT2D eigenvalue weighted by atomic mass is 127. The molecule has 0 radical (unpaired) electrons. The fourth-order valence-electron chi connectivity index (χ4n) is 15.3. The van der Waals surface area contributed by atoms with Crippen LogP contribution in [0, 0.1) is 3.70 Å². The van der Waals surface area contributed by atoms with Crippen molar-refractivity contribution < 1.29 is 52.9 Å². The summed E-state index contributed by atoms with van der Waals surface area (Å²) in [6, 6.07) is 52.2. The molecular weight excluding hydrogens is 1650 g/mol. The summed E-state index contributed by atoms with van der Waals surface area (Å²) in [5, 5.41) is 48.1. The van der Waals surface area contributed by atoms with Crippen LogP contribution in [0.25, 0.3) is 55.6 Å². The number of rotatable bonds is 21. The van der Waals surface area contributed by atoms with Crippen molar-refractivity contribution >= 4 is 104 Å². The maximum Gasteiger partial charge on any atom is 0.488 e. The number of nitrogen functional groups attached to an aromatic ring is 3. The lowest BCUT2D eigenvalue weighted by molar-refractivity contribution is 0.0516. The van der Waals surface area contributed by atoms with Crippen LogP contribution in [0.3, 0.4) is 0 Å². The average Bonchev–Trinajstić information content (AvgIpc) is 1.58. The summed E-state index contributed by atoms with van der Waals surface area (Å²) < 4.78 is 45.1.